The molecule has 0 bridgehead atoms. The highest BCUT2D eigenvalue weighted by atomic mass is 16.4. The number of carbonyl (C=O) groups is 3. The zero-order valence-electron chi connectivity index (χ0n) is 9.94. The monoisotopic (exact) mass is 255 g/mol. The van der Waals surface area contributed by atoms with Crippen LogP contribution in [0, 0.1) is 5.92 Å². The summed E-state index contributed by atoms with van der Waals surface area (Å²) in [6.07, 6.45) is 3.61. The normalized spacial score (nSPS) is 19.8. The Balaban J connectivity index is 1.66. The lowest BCUT2D eigenvalue weighted by atomic mass is 10.2. The van der Waals surface area contributed by atoms with Crippen LogP contribution in [0.2, 0.25) is 0 Å². The van der Waals surface area contributed by atoms with E-state index in [0.29, 0.717) is 0 Å². The van der Waals surface area contributed by atoms with Crippen molar-refractivity contribution in [3.63, 3.8) is 0 Å². The van der Waals surface area contributed by atoms with E-state index in [-0.39, 0.29) is 24.4 Å². The van der Waals surface area contributed by atoms with Gasteiger partial charge in [-0.05, 0) is 31.6 Å². The predicted octanol–water partition coefficient (Wildman–Crippen LogP) is -0.573. The summed E-state index contributed by atoms with van der Waals surface area (Å²) >= 11 is 0. The summed E-state index contributed by atoms with van der Waals surface area (Å²) in [5, 5.41) is 16.4. The Morgan fingerprint density at radius 2 is 1.83 bits per heavy atom. The second-order valence-corrected chi connectivity index (χ2v) is 4.82. The molecule has 1 atom stereocenters. The number of amides is 3. The van der Waals surface area contributed by atoms with Crippen LogP contribution >= 0.6 is 0 Å². The van der Waals surface area contributed by atoms with Crippen LogP contribution in [-0.2, 0) is 9.59 Å². The van der Waals surface area contributed by atoms with Gasteiger partial charge in [0.2, 0.25) is 5.91 Å². The van der Waals surface area contributed by atoms with Gasteiger partial charge in [-0.1, -0.05) is 0 Å². The molecule has 3 amide bonds. The first-order valence-electron chi connectivity index (χ1n) is 6.13. The van der Waals surface area contributed by atoms with Crippen LogP contribution in [0.15, 0.2) is 0 Å². The summed E-state index contributed by atoms with van der Waals surface area (Å²) < 4.78 is 0. The summed E-state index contributed by atoms with van der Waals surface area (Å²) in [6, 6.07) is -1.21. The fourth-order valence-corrected chi connectivity index (χ4v) is 1.67. The first-order chi connectivity index (χ1) is 8.56. The number of hydrogen-bond donors (Lipinski definition) is 4. The Hall–Kier alpha value is -1.79. The average Bonchev–Trinajstić information content (AvgIpc) is 3.14. The van der Waals surface area contributed by atoms with Gasteiger partial charge in [0.15, 0.2) is 0 Å². The molecule has 18 heavy (non-hydrogen) atoms. The highest BCUT2D eigenvalue weighted by Crippen LogP contribution is 2.32. The highest BCUT2D eigenvalue weighted by molar-refractivity contribution is 5.87. The van der Waals surface area contributed by atoms with Crippen molar-refractivity contribution in [2.24, 2.45) is 5.92 Å². The number of hydrogen-bond acceptors (Lipinski definition) is 3. The molecule has 0 spiro atoms. The number of carboxylic acid groups (broad SMARTS) is 1. The van der Waals surface area contributed by atoms with Crippen LogP contribution in [0.5, 0.6) is 0 Å². The first kappa shape index (κ1) is 12.7. The van der Waals surface area contributed by atoms with Gasteiger partial charge in [-0.3, -0.25) is 4.79 Å². The maximum absolute atomic E-state index is 11.4. The van der Waals surface area contributed by atoms with Crippen LogP contribution in [-0.4, -0.2) is 41.6 Å². The summed E-state index contributed by atoms with van der Waals surface area (Å²) in [5.74, 6) is -1.26. The lowest BCUT2D eigenvalue weighted by molar-refractivity contribution is -0.139. The van der Waals surface area contributed by atoms with Gasteiger partial charge in [-0.15, -0.1) is 0 Å². The minimum Gasteiger partial charge on any atom is -0.480 e. The molecule has 7 nitrogen and oxygen atoms in total. The van der Waals surface area contributed by atoms with E-state index in [1.54, 1.807) is 0 Å². The smallest absolute Gasteiger partial charge is 0.326 e. The van der Waals surface area contributed by atoms with E-state index in [9.17, 15) is 14.4 Å². The van der Waals surface area contributed by atoms with Gasteiger partial charge in [-0.2, -0.15) is 0 Å². The average molecular weight is 255 g/mol. The standard InChI is InChI=1S/C11H17N3O4/c15-8(13-7-3-4-7)5-12-11(18)14-9(10(16)17)6-1-2-6/h6-7,9H,1-5H2,(H,13,15)(H,16,17)(H2,12,14,18). The summed E-state index contributed by atoms with van der Waals surface area (Å²) in [7, 11) is 0. The quantitative estimate of drug-likeness (QED) is 0.509. The second-order valence-electron chi connectivity index (χ2n) is 4.82. The van der Waals surface area contributed by atoms with Crippen LogP contribution < -0.4 is 16.0 Å². The van der Waals surface area contributed by atoms with Crippen molar-refractivity contribution >= 4 is 17.9 Å². The Bertz CT molecular complexity index is 363. The van der Waals surface area contributed by atoms with E-state index in [4.69, 9.17) is 5.11 Å². The van der Waals surface area contributed by atoms with Crippen LogP contribution in [0.1, 0.15) is 25.7 Å². The van der Waals surface area contributed by atoms with Crippen LogP contribution in [0.25, 0.3) is 0 Å². The summed E-state index contributed by atoms with van der Waals surface area (Å²) in [4.78, 5) is 33.6. The highest BCUT2D eigenvalue weighted by Gasteiger charge is 2.37. The molecule has 0 aromatic carbocycles. The fraction of sp³-hybridized carbons (Fsp3) is 0.727. The zero-order chi connectivity index (χ0) is 13.1. The maximum atomic E-state index is 11.4. The number of carbonyl (C=O) groups excluding carboxylic acids is 2. The van der Waals surface area contributed by atoms with Crippen molar-refractivity contribution in [2.45, 2.75) is 37.8 Å². The Labute approximate surface area is 104 Å². The Morgan fingerprint density at radius 1 is 1.17 bits per heavy atom. The van der Waals surface area contributed by atoms with E-state index in [1.165, 1.54) is 0 Å². The number of nitrogens with one attached hydrogen (secondary N) is 3. The summed E-state index contributed by atoms with van der Waals surface area (Å²) in [6.45, 7) is -0.126. The molecule has 0 aliphatic heterocycles. The topological polar surface area (TPSA) is 108 Å². The molecular weight excluding hydrogens is 238 g/mol. The van der Waals surface area contributed by atoms with Gasteiger partial charge in [0, 0.05) is 6.04 Å². The third-order valence-corrected chi connectivity index (χ3v) is 3.00. The molecule has 2 aliphatic carbocycles. The fourth-order valence-electron chi connectivity index (χ4n) is 1.67. The molecule has 4 N–H and O–H groups in total. The lowest BCUT2D eigenvalue weighted by Crippen LogP contribution is -2.49. The molecular formula is C11H17N3O4. The number of carboxylic acids is 1. The number of rotatable bonds is 6. The Morgan fingerprint density at radius 3 is 2.33 bits per heavy atom. The molecule has 2 aliphatic rings. The van der Waals surface area contributed by atoms with Gasteiger partial charge in [0.1, 0.15) is 6.04 Å². The predicted molar refractivity (Wildman–Crippen MR) is 61.8 cm³/mol. The molecule has 0 aromatic heterocycles. The molecule has 100 valence electrons. The molecule has 2 rings (SSSR count). The molecule has 7 heteroatoms. The van der Waals surface area contributed by atoms with Crippen molar-refractivity contribution in [3.8, 4) is 0 Å². The van der Waals surface area contributed by atoms with Gasteiger partial charge in [0.25, 0.3) is 0 Å². The molecule has 0 radical (unpaired) electrons. The Kier molecular flexibility index (Phi) is 3.69. The third kappa shape index (κ3) is 3.90. The van der Waals surface area contributed by atoms with E-state index < -0.39 is 18.0 Å². The second kappa shape index (κ2) is 5.24. The molecule has 0 saturated heterocycles. The molecule has 0 aromatic rings. The molecule has 2 saturated carbocycles. The lowest BCUT2D eigenvalue weighted by Gasteiger charge is -2.14. The maximum Gasteiger partial charge on any atom is 0.326 e. The molecule has 0 heterocycles. The molecule has 2 fully saturated rings. The van der Waals surface area contributed by atoms with Crippen molar-refractivity contribution in [1.29, 1.82) is 0 Å². The van der Waals surface area contributed by atoms with E-state index in [2.05, 4.69) is 16.0 Å². The largest absolute Gasteiger partial charge is 0.480 e. The van der Waals surface area contributed by atoms with Crippen molar-refractivity contribution in [1.82, 2.24) is 16.0 Å². The van der Waals surface area contributed by atoms with Crippen LogP contribution in [0.3, 0.4) is 0 Å². The van der Waals surface area contributed by atoms with Crippen molar-refractivity contribution in [3.05, 3.63) is 0 Å². The van der Waals surface area contributed by atoms with Gasteiger partial charge in [-0.25, -0.2) is 9.59 Å². The third-order valence-electron chi connectivity index (χ3n) is 3.00. The van der Waals surface area contributed by atoms with Crippen molar-refractivity contribution < 1.29 is 19.5 Å². The van der Waals surface area contributed by atoms with Gasteiger partial charge in [0.05, 0.1) is 6.54 Å². The van der Waals surface area contributed by atoms with Crippen molar-refractivity contribution in [2.75, 3.05) is 6.54 Å². The number of urea groups is 1. The minimum absolute atomic E-state index is 0.0218. The van der Waals surface area contributed by atoms with E-state index >= 15 is 0 Å². The summed E-state index contributed by atoms with van der Waals surface area (Å²) in [5.41, 5.74) is 0. The van der Waals surface area contributed by atoms with E-state index in [1.807, 2.05) is 0 Å². The minimum atomic E-state index is -1.03. The zero-order valence-corrected chi connectivity index (χ0v) is 9.94. The van der Waals surface area contributed by atoms with Gasteiger partial charge >= 0.3 is 12.0 Å². The van der Waals surface area contributed by atoms with Gasteiger partial charge < -0.3 is 21.1 Å². The van der Waals surface area contributed by atoms with E-state index in [0.717, 1.165) is 25.7 Å². The van der Waals surface area contributed by atoms with Crippen LogP contribution in [0.4, 0.5) is 4.79 Å². The number of aliphatic carboxylic acids is 1. The first-order valence-corrected chi connectivity index (χ1v) is 6.13. The molecule has 1 unspecified atom stereocenters. The SMILES string of the molecule is O=C(CNC(=O)NC(C(=O)O)C1CC1)NC1CC1.